The molecule has 1 heterocycles. The fourth-order valence-electron chi connectivity index (χ4n) is 3.84. The van der Waals surface area contributed by atoms with Crippen molar-refractivity contribution in [2.45, 2.75) is 33.7 Å². The highest BCUT2D eigenvalue weighted by molar-refractivity contribution is 6.06. The number of halogens is 1. The van der Waals surface area contributed by atoms with Gasteiger partial charge in [-0.1, -0.05) is 57.2 Å². The van der Waals surface area contributed by atoms with Gasteiger partial charge in [0.1, 0.15) is 18.2 Å². The smallest absolute Gasteiger partial charge is 0.272 e. The molecule has 2 N–H and O–H groups in total. The lowest BCUT2D eigenvalue weighted by atomic mass is 9.93. The minimum Gasteiger partial charge on any atom is -0.363 e. The quantitative estimate of drug-likeness (QED) is 0.205. The summed E-state index contributed by atoms with van der Waals surface area (Å²) in [4.78, 5) is 13.2. The molecule has 6 heteroatoms. The maximum atomic E-state index is 14.5. The van der Waals surface area contributed by atoms with Crippen LogP contribution in [0, 0.1) is 11.2 Å². The number of hydrogen-bond donors (Lipinski definition) is 2. The molecule has 0 saturated heterocycles. The molecular weight excluding hydrogens is 441 g/mol. The zero-order valence-corrected chi connectivity index (χ0v) is 20.5. The van der Waals surface area contributed by atoms with Crippen LogP contribution in [0.2, 0.25) is 0 Å². The van der Waals surface area contributed by atoms with Crippen molar-refractivity contribution in [3.8, 4) is 0 Å². The Morgan fingerprint density at radius 3 is 2.43 bits per heavy atom. The summed E-state index contributed by atoms with van der Waals surface area (Å²) in [5.41, 5.74) is 3.67. The van der Waals surface area contributed by atoms with E-state index < -0.39 is 0 Å². The van der Waals surface area contributed by atoms with Gasteiger partial charge in [-0.15, -0.1) is 0 Å². The average Bonchev–Trinajstić information content (AvgIpc) is 3.18. The van der Waals surface area contributed by atoms with Crippen LogP contribution in [0.4, 0.5) is 15.8 Å². The Hall–Kier alpha value is -3.64. The molecule has 1 aromatic heterocycles. The number of aromatic nitrogens is 1. The second kappa shape index (κ2) is 10.7. The van der Waals surface area contributed by atoms with Gasteiger partial charge in [-0.2, -0.15) is 0 Å². The van der Waals surface area contributed by atoms with Crippen LogP contribution in [0.15, 0.2) is 78.9 Å². The van der Waals surface area contributed by atoms with E-state index in [9.17, 15) is 9.18 Å². The summed E-state index contributed by atoms with van der Waals surface area (Å²) in [7, 11) is 0. The molecule has 3 aromatic carbocycles. The van der Waals surface area contributed by atoms with Crippen LogP contribution in [0.3, 0.4) is 0 Å². The SMILES string of the molecule is CC(C)(C)CCOCNc1ccc2c(c1)cc(C(=O)Nc1ccccc1)n2Cc1ccccc1F. The first-order valence-corrected chi connectivity index (χ1v) is 11.8. The molecule has 0 fully saturated rings. The predicted molar refractivity (Wildman–Crippen MR) is 140 cm³/mol. The fraction of sp³-hybridized carbons (Fsp3) is 0.276. The van der Waals surface area contributed by atoms with Crippen LogP contribution in [-0.2, 0) is 11.3 Å². The number of carbonyl (C=O) groups excluding carboxylic acids is 1. The van der Waals surface area contributed by atoms with E-state index in [0.717, 1.165) is 23.0 Å². The molecule has 0 radical (unpaired) electrons. The third-order valence-corrected chi connectivity index (χ3v) is 5.83. The Morgan fingerprint density at radius 1 is 0.943 bits per heavy atom. The number of nitrogens with zero attached hydrogens (tertiary/aromatic N) is 1. The third-order valence-electron chi connectivity index (χ3n) is 5.83. The molecule has 0 atom stereocenters. The van der Waals surface area contributed by atoms with Gasteiger partial charge in [-0.05, 0) is 54.3 Å². The number of anilines is 2. The van der Waals surface area contributed by atoms with Crippen molar-refractivity contribution < 1.29 is 13.9 Å². The summed E-state index contributed by atoms with van der Waals surface area (Å²) in [6.45, 7) is 7.90. The summed E-state index contributed by atoms with van der Waals surface area (Å²) in [6.07, 6.45) is 0.979. The Morgan fingerprint density at radius 2 is 1.69 bits per heavy atom. The second-order valence-electron chi connectivity index (χ2n) is 9.84. The molecule has 1 amide bonds. The van der Waals surface area contributed by atoms with Gasteiger partial charge in [-0.3, -0.25) is 4.79 Å². The molecule has 4 rings (SSSR count). The molecule has 5 nitrogen and oxygen atoms in total. The number of carbonyl (C=O) groups is 1. The van der Waals surface area contributed by atoms with Gasteiger partial charge in [0.2, 0.25) is 0 Å². The van der Waals surface area contributed by atoms with Crippen molar-refractivity contribution in [3.63, 3.8) is 0 Å². The van der Waals surface area contributed by atoms with Crippen molar-refractivity contribution in [2.75, 3.05) is 24.0 Å². The number of rotatable bonds is 9. The van der Waals surface area contributed by atoms with Gasteiger partial charge < -0.3 is 19.9 Å². The molecule has 35 heavy (non-hydrogen) atoms. The summed E-state index contributed by atoms with van der Waals surface area (Å²) >= 11 is 0. The molecule has 0 aliphatic carbocycles. The summed E-state index contributed by atoms with van der Waals surface area (Å²) < 4.78 is 22.0. The van der Waals surface area contributed by atoms with E-state index in [2.05, 4.69) is 31.4 Å². The van der Waals surface area contributed by atoms with Crippen molar-refractivity contribution in [1.82, 2.24) is 4.57 Å². The van der Waals surface area contributed by atoms with Gasteiger partial charge in [0.25, 0.3) is 5.91 Å². The topological polar surface area (TPSA) is 55.3 Å². The van der Waals surface area contributed by atoms with Crippen LogP contribution in [0.1, 0.15) is 43.2 Å². The van der Waals surface area contributed by atoms with E-state index >= 15 is 0 Å². The summed E-state index contributed by atoms with van der Waals surface area (Å²) in [6, 6.07) is 23.7. The first-order valence-electron chi connectivity index (χ1n) is 11.8. The predicted octanol–water partition coefficient (Wildman–Crippen LogP) is 6.90. The number of para-hydroxylation sites is 1. The van der Waals surface area contributed by atoms with Gasteiger partial charge in [0.15, 0.2) is 0 Å². The van der Waals surface area contributed by atoms with E-state index in [-0.39, 0.29) is 23.7 Å². The molecule has 182 valence electrons. The van der Waals surface area contributed by atoms with Crippen LogP contribution >= 0.6 is 0 Å². The monoisotopic (exact) mass is 473 g/mol. The lowest BCUT2D eigenvalue weighted by Gasteiger charge is -2.18. The van der Waals surface area contributed by atoms with Crippen molar-refractivity contribution in [2.24, 2.45) is 5.41 Å². The van der Waals surface area contributed by atoms with E-state index in [4.69, 9.17) is 4.74 Å². The zero-order valence-electron chi connectivity index (χ0n) is 20.5. The molecular formula is C29H32FN3O2. The first kappa shape index (κ1) is 24.5. The van der Waals surface area contributed by atoms with Gasteiger partial charge in [0, 0.05) is 34.4 Å². The normalized spacial score (nSPS) is 11.5. The maximum Gasteiger partial charge on any atom is 0.272 e. The molecule has 0 saturated carbocycles. The highest BCUT2D eigenvalue weighted by atomic mass is 19.1. The number of benzene rings is 3. The van der Waals surface area contributed by atoms with Gasteiger partial charge >= 0.3 is 0 Å². The maximum absolute atomic E-state index is 14.5. The minimum absolute atomic E-state index is 0.233. The number of nitrogens with one attached hydrogen (secondary N) is 2. The van der Waals surface area contributed by atoms with Crippen molar-refractivity contribution >= 4 is 28.2 Å². The second-order valence-corrected chi connectivity index (χ2v) is 9.84. The number of ether oxygens (including phenoxy) is 1. The Kier molecular flexibility index (Phi) is 7.51. The summed E-state index contributed by atoms with van der Waals surface area (Å²) in [5.74, 6) is -0.543. The average molecular weight is 474 g/mol. The van der Waals surface area contributed by atoms with E-state index in [1.54, 1.807) is 18.2 Å². The van der Waals surface area contributed by atoms with Crippen molar-refractivity contribution in [3.05, 3.63) is 95.9 Å². The molecule has 0 aliphatic rings. The minimum atomic E-state index is -0.297. The molecule has 0 spiro atoms. The Bertz CT molecular complexity index is 1290. The third kappa shape index (κ3) is 6.49. The van der Waals surface area contributed by atoms with Crippen LogP contribution in [-0.4, -0.2) is 23.8 Å². The van der Waals surface area contributed by atoms with Crippen LogP contribution in [0.25, 0.3) is 10.9 Å². The molecule has 4 aromatic rings. The zero-order chi connectivity index (χ0) is 24.8. The van der Waals surface area contributed by atoms with Crippen molar-refractivity contribution in [1.29, 1.82) is 0 Å². The molecule has 0 bridgehead atoms. The van der Waals surface area contributed by atoms with E-state index in [1.807, 2.05) is 59.2 Å². The van der Waals surface area contributed by atoms with E-state index in [0.29, 0.717) is 30.3 Å². The first-order chi connectivity index (χ1) is 16.8. The van der Waals surface area contributed by atoms with Crippen LogP contribution in [0.5, 0.6) is 0 Å². The van der Waals surface area contributed by atoms with Crippen LogP contribution < -0.4 is 10.6 Å². The molecule has 0 unspecified atom stereocenters. The highest BCUT2D eigenvalue weighted by Crippen LogP contribution is 2.26. The largest absolute Gasteiger partial charge is 0.363 e. The van der Waals surface area contributed by atoms with Gasteiger partial charge in [-0.25, -0.2) is 4.39 Å². The number of hydrogen-bond acceptors (Lipinski definition) is 3. The lowest BCUT2D eigenvalue weighted by molar-refractivity contribution is 0.101. The Labute approximate surface area is 205 Å². The number of fused-ring (bicyclic) bond motifs is 1. The van der Waals surface area contributed by atoms with E-state index in [1.165, 1.54) is 6.07 Å². The number of amides is 1. The molecule has 0 aliphatic heterocycles. The fourth-order valence-corrected chi connectivity index (χ4v) is 3.84. The summed E-state index contributed by atoms with van der Waals surface area (Å²) in [5, 5.41) is 7.12. The lowest BCUT2D eigenvalue weighted by Crippen LogP contribution is -2.17. The standard InChI is InChI=1S/C29H32FN3O2/c1-29(2,3)15-16-35-20-31-24-13-14-26-22(17-24)18-27(28(34)32-23-10-5-4-6-11-23)33(26)19-21-9-7-8-12-25(21)30/h4-14,17-18,31H,15-16,19-20H2,1-3H3,(H,32,34). The highest BCUT2D eigenvalue weighted by Gasteiger charge is 2.18. The van der Waals surface area contributed by atoms with Gasteiger partial charge in [0.05, 0.1) is 6.54 Å². The Balaban J connectivity index is 1.59.